The van der Waals surface area contributed by atoms with E-state index in [1.807, 2.05) is 72.8 Å². The van der Waals surface area contributed by atoms with E-state index in [0.29, 0.717) is 19.6 Å². The van der Waals surface area contributed by atoms with Crippen molar-refractivity contribution in [2.45, 2.75) is 12.6 Å². The van der Waals surface area contributed by atoms with Crippen molar-refractivity contribution in [3.05, 3.63) is 84.6 Å². The van der Waals surface area contributed by atoms with E-state index in [9.17, 15) is 5.11 Å². The average molecular weight is 348 g/mol. The molecule has 5 heteroatoms. The molecular formula is C21H24N4O. The van der Waals surface area contributed by atoms with Crippen molar-refractivity contribution < 1.29 is 5.11 Å². The predicted octanol–water partition coefficient (Wildman–Crippen LogP) is 2.90. The Morgan fingerprint density at radius 3 is 2.38 bits per heavy atom. The number of hydrogen-bond donors (Lipinski definition) is 3. The zero-order chi connectivity index (χ0) is 18.2. The Balaban J connectivity index is 1.47. The summed E-state index contributed by atoms with van der Waals surface area (Å²) >= 11 is 0. The van der Waals surface area contributed by atoms with Gasteiger partial charge >= 0.3 is 0 Å². The first-order chi connectivity index (χ1) is 12.7. The van der Waals surface area contributed by atoms with E-state index < -0.39 is 6.10 Å². The summed E-state index contributed by atoms with van der Waals surface area (Å²) in [6, 6.07) is 23.8. The molecule has 0 saturated carbocycles. The molecule has 1 aromatic heterocycles. The highest BCUT2D eigenvalue weighted by atomic mass is 16.3. The van der Waals surface area contributed by atoms with Gasteiger partial charge in [0.15, 0.2) is 0 Å². The maximum absolute atomic E-state index is 10.2. The highest BCUT2D eigenvalue weighted by Crippen LogP contribution is 2.17. The summed E-state index contributed by atoms with van der Waals surface area (Å²) in [5.41, 5.74) is 4.10. The summed E-state index contributed by atoms with van der Waals surface area (Å²) in [4.78, 5) is 4.35. The van der Waals surface area contributed by atoms with Crippen LogP contribution >= 0.6 is 0 Å². The lowest BCUT2D eigenvalue weighted by atomic mass is 10.1. The first-order valence-corrected chi connectivity index (χ1v) is 8.67. The number of aliphatic hydroxyl groups excluding tert-OH is 1. The maximum Gasteiger partial charge on any atom is 0.0853 e. The van der Waals surface area contributed by atoms with Gasteiger partial charge in [0.1, 0.15) is 0 Å². The highest BCUT2D eigenvalue weighted by molar-refractivity contribution is 5.58. The van der Waals surface area contributed by atoms with Gasteiger partial charge in [0.2, 0.25) is 0 Å². The SMILES string of the molecule is NN(Cc1ccc(-c2ccccn2)cc1)CC(O)CNc1ccccc1. The average Bonchev–Trinajstić information content (AvgIpc) is 2.68. The molecule has 5 nitrogen and oxygen atoms in total. The molecule has 0 aliphatic heterocycles. The zero-order valence-electron chi connectivity index (χ0n) is 14.6. The van der Waals surface area contributed by atoms with E-state index in [2.05, 4.69) is 10.3 Å². The Morgan fingerprint density at radius 1 is 0.962 bits per heavy atom. The molecule has 0 fully saturated rings. The van der Waals surface area contributed by atoms with Gasteiger partial charge in [-0.2, -0.15) is 0 Å². The Bertz CT molecular complexity index is 778. The number of aromatic nitrogens is 1. The minimum Gasteiger partial charge on any atom is -0.390 e. The number of hydrazine groups is 1. The van der Waals surface area contributed by atoms with Crippen LogP contribution in [0.15, 0.2) is 79.0 Å². The normalized spacial score (nSPS) is 12.1. The third-order valence-corrected chi connectivity index (χ3v) is 4.06. The largest absolute Gasteiger partial charge is 0.390 e. The summed E-state index contributed by atoms with van der Waals surface area (Å²) < 4.78 is 0. The minimum atomic E-state index is -0.548. The molecule has 1 heterocycles. The molecule has 26 heavy (non-hydrogen) atoms. The van der Waals surface area contributed by atoms with Crippen LogP contribution in [0, 0.1) is 0 Å². The van der Waals surface area contributed by atoms with Crippen molar-refractivity contribution in [3.63, 3.8) is 0 Å². The lowest BCUT2D eigenvalue weighted by molar-refractivity contribution is 0.118. The van der Waals surface area contributed by atoms with Crippen molar-refractivity contribution in [2.75, 3.05) is 18.4 Å². The second kappa shape index (κ2) is 9.10. The summed E-state index contributed by atoms with van der Waals surface area (Å²) in [5, 5.41) is 15.0. The van der Waals surface area contributed by atoms with E-state index in [-0.39, 0.29) is 0 Å². The zero-order valence-corrected chi connectivity index (χ0v) is 14.6. The van der Waals surface area contributed by atoms with Crippen LogP contribution in [-0.2, 0) is 6.54 Å². The molecule has 0 amide bonds. The summed E-state index contributed by atoms with van der Waals surface area (Å²) in [6.07, 6.45) is 1.24. The van der Waals surface area contributed by atoms with Gasteiger partial charge in [-0.05, 0) is 29.8 Å². The number of nitrogens with zero attached hydrogens (tertiary/aromatic N) is 2. The van der Waals surface area contributed by atoms with Gasteiger partial charge in [0.25, 0.3) is 0 Å². The van der Waals surface area contributed by atoms with Crippen molar-refractivity contribution in [1.29, 1.82) is 0 Å². The Labute approximate surface area is 154 Å². The molecule has 1 atom stereocenters. The quantitative estimate of drug-likeness (QED) is 0.431. The molecule has 2 aromatic carbocycles. The molecule has 3 rings (SSSR count). The Kier molecular flexibility index (Phi) is 6.33. The smallest absolute Gasteiger partial charge is 0.0853 e. The van der Waals surface area contributed by atoms with Crippen molar-refractivity contribution in [3.8, 4) is 11.3 Å². The standard InChI is InChI=1S/C21H24N4O/c22-25(16-20(26)14-24-19-6-2-1-3-7-19)15-17-9-11-18(12-10-17)21-8-4-5-13-23-21/h1-13,20,24,26H,14-16,22H2. The first-order valence-electron chi connectivity index (χ1n) is 8.67. The van der Waals surface area contributed by atoms with Gasteiger partial charge in [-0.3, -0.25) is 10.8 Å². The van der Waals surface area contributed by atoms with Crippen LogP contribution in [0.1, 0.15) is 5.56 Å². The minimum absolute atomic E-state index is 0.391. The molecule has 1 unspecified atom stereocenters. The maximum atomic E-state index is 10.2. The molecule has 0 radical (unpaired) electrons. The van der Waals surface area contributed by atoms with Crippen molar-refractivity contribution in [1.82, 2.24) is 9.99 Å². The molecule has 0 aliphatic rings. The van der Waals surface area contributed by atoms with E-state index in [1.165, 1.54) is 0 Å². The van der Waals surface area contributed by atoms with Crippen molar-refractivity contribution in [2.24, 2.45) is 5.84 Å². The second-order valence-electron chi connectivity index (χ2n) is 6.24. The van der Waals surface area contributed by atoms with Gasteiger partial charge in [0, 0.05) is 37.1 Å². The van der Waals surface area contributed by atoms with Crippen LogP contribution in [-0.4, -0.2) is 34.3 Å². The van der Waals surface area contributed by atoms with Crippen LogP contribution in [0.4, 0.5) is 5.69 Å². The number of nitrogens with two attached hydrogens (primary N) is 1. The summed E-state index contributed by atoms with van der Waals surface area (Å²) in [7, 11) is 0. The molecule has 0 spiro atoms. The molecule has 0 aliphatic carbocycles. The van der Waals surface area contributed by atoms with Gasteiger partial charge in [-0.25, -0.2) is 5.01 Å². The van der Waals surface area contributed by atoms with Crippen molar-refractivity contribution >= 4 is 5.69 Å². The number of aliphatic hydroxyl groups is 1. The third kappa shape index (κ3) is 5.39. The van der Waals surface area contributed by atoms with Gasteiger partial charge in [-0.1, -0.05) is 48.5 Å². The van der Waals surface area contributed by atoms with Crippen LogP contribution in [0.25, 0.3) is 11.3 Å². The third-order valence-electron chi connectivity index (χ3n) is 4.06. The van der Waals surface area contributed by atoms with Gasteiger partial charge in [0.05, 0.1) is 11.8 Å². The van der Waals surface area contributed by atoms with Crippen LogP contribution < -0.4 is 11.2 Å². The van der Waals surface area contributed by atoms with Crippen LogP contribution in [0.3, 0.4) is 0 Å². The fraction of sp³-hybridized carbons (Fsp3) is 0.190. The van der Waals surface area contributed by atoms with E-state index >= 15 is 0 Å². The van der Waals surface area contributed by atoms with Crippen LogP contribution in [0.2, 0.25) is 0 Å². The fourth-order valence-electron chi connectivity index (χ4n) is 2.74. The topological polar surface area (TPSA) is 74.4 Å². The Hall–Kier alpha value is -2.73. The molecular weight excluding hydrogens is 324 g/mol. The molecule has 134 valence electrons. The lowest BCUT2D eigenvalue weighted by Gasteiger charge is -2.21. The summed E-state index contributed by atoms with van der Waals surface area (Å²) in [6.45, 7) is 1.42. The van der Waals surface area contributed by atoms with Gasteiger partial charge < -0.3 is 10.4 Å². The highest BCUT2D eigenvalue weighted by Gasteiger charge is 2.09. The molecule has 4 N–H and O–H groups in total. The Morgan fingerprint density at radius 2 is 1.69 bits per heavy atom. The number of pyridine rings is 1. The van der Waals surface area contributed by atoms with Gasteiger partial charge in [-0.15, -0.1) is 0 Å². The predicted molar refractivity (Wildman–Crippen MR) is 105 cm³/mol. The fourth-order valence-corrected chi connectivity index (χ4v) is 2.74. The molecule has 0 saturated heterocycles. The number of hydrogen-bond acceptors (Lipinski definition) is 5. The number of rotatable bonds is 8. The first kappa shape index (κ1) is 18.1. The second-order valence-corrected chi connectivity index (χ2v) is 6.24. The van der Waals surface area contributed by atoms with Crippen LogP contribution in [0.5, 0.6) is 0 Å². The number of nitrogens with one attached hydrogen (secondary N) is 1. The lowest BCUT2D eigenvalue weighted by Crippen LogP contribution is -2.40. The summed E-state index contributed by atoms with van der Waals surface area (Å²) in [5.74, 6) is 6.06. The molecule has 3 aromatic rings. The van der Waals surface area contributed by atoms with E-state index in [4.69, 9.17) is 5.84 Å². The molecule has 0 bridgehead atoms. The number of benzene rings is 2. The number of anilines is 1. The van der Waals surface area contributed by atoms with E-state index in [0.717, 1.165) is 22.5 Å². The van der Waals surface area contributed by atoms with E-state index in [1.54, 1.807) is 11.2 Å². The number of para-hydroxylation sites is 1. The monoisotopic (exact) mass is 348 g/mol.